The molecule has 6 nitrogen and oxygen atoms in total. The average molecular weight is 402 g/mol. The number of hydrogen-bond donors (Lipinski definition) is 2. The van der Waals surface area contributed by atoms with Gasteiger partial charge in [-0.2, -0.15) is 0 Å². The van der Waals surface area contributed by atoms with Crippen LogP contribution in [-0.2, 0) is 4.74 Å². The molecular formula is C17H18Cl2FN3O3. The van der Waals surface area contributed by atoms with Crippen molar-refractivity contribution in [2.45, 2.75) is 12.2 Å². The number of carbonyl (C=O) groups excluding carboxylic acids is 1. The van der Waals surface area contributed by atoms with Gasteiger partial charge >= 0.3 is 0 Å². The van der Waals surface area contributed by atoms with E-state index in [2.05, 4.69) is 10.3 Å². The van der Waals surface area contributed by atoms with Crippen molar-refractivity contribution in [3.8, 4) is 5.88 Å². The van der Waals surface area contributed by atoms with Gasteiger partial charge in [0, 0.05) is 19.3 Å². The minimum absolute atomic E-state index is 0. The molecule has 0 spiro atoms. The van der Waals surface area contributed by atoms with E-state index in [9.17, 15) is 9.18 Å². The van der Waals surface area contributed by atoms with E-state index in [0.717, 1.165) is 0 Å². The lowest BCUT2D eigenvalue weighted by Gasteiger charge is -2.26. The lowest BCUT2D eigenvalue weighted by atomic mass is 10.0. The summed E-state index contributed by atoms with van der Waals surface area (Å²) in [5.41, 5.74) is 6.13. The predicted molar refractivity (Wildman–Crippen MR) is 97.4 cm³/mol. The highest BCUT2D eigenvalue weighted by atomic mass is 35.5. The minimum atomic E-state index is -0.639. The van der Waals surface area contributed by atoms with Crippen LogP contribution in [0.5, 0.6) is 5.88 Å². The first-order chi connectivity index (χ1) is 12.1. The fourth-order valence-corrected chi connectivity index (χ4v) is 2.75. The van der Waals surface area contributed by atoms with Crippen LogP contribution in [0.15, 0.2) is 36.5 Å². The number of amides is 1. The van der Waals surface area contributed by atoms with Crippen molar-refractivity contribution >= 4 is 29.9 Å². The average Bonchev–Trinajstić information content (AvgIpc) is 2.83. The van der Waals surface area contributed by atoms with Gasteiger partial charge in [0.05, 0.1) is 11.6 Å². The molecule has 3 rings (SSSR count). The van der Waals surface area contributed by atoms with E-state index >= 15 is 0 Å². The zero-order valence-electron chi connectivity index (χ0n) is 13.7. The Balaban J connectivity index is 0.00000243. The molecule has 1 saturated heterocycles. The third kappa shape index (κ3) is 4.62. The molecule has 1 aromatic heterocycles. The van der Waals surface area contributed by atoms with Crippen LogP contribution in [0, 0.1) is 5.82 Å². The van der Waals surface area contributed by atoms with Crippen molar-refractivity contribution < 1.29 is 18.7 Å². The maximum atomic E-state index is 13.8. The summed E-state index contributed by atoms with van der Waals surface area (Å²) in [6.45, 7) is 1.49. The zero-order chi connectivity index (χ0) is 17.8. The highest BCUT2D eigenvalue weighted by Crippen LogP contribution is 2.29. The highest BCUT2D eigenvalue weighted by molar-refractivity contribution is 6.30. The van der Waals surface area contributed by atoms with E-state index in [0.29, 0.717) is 25.3 Å². The van der Waals surface area contributed by atoms with Gasteiger partial charge in [0.1, 0.15) is 23.6 Å². The molecule has 1 fully saturated rings. The molecule has 0 saturated carbocycles. The van der Waals surface area contributed by atoms with E-state index in [4.69, 9.17) is 26.8 Å². The molecule has 1 aliphatic rings. The van der Waals surface area contributed by atoms with Crippen LogP contribution in [0.1, 0.15) is 22.0 Å². The second-order valence-corrected chi connectivity index (χ2v) is 5.95. The normalized spacial score (nSPS) is 19.9. The number of hydrogen-bond acceptors (Lipinski definition) is 5. The van der Waals surface area contributed by atoms with E-state index in [1.54, 1.807) is 12.1 Å². The number of ether oxygens (including phenoxy) is 2. The third-order valence-corrected chi connectivity index (χ3v) is 4.14. The lowest BCUT2D eigenvalue weighted by Crippen LogP contribution is -2.35. The molecule has 26 heavy (non-hydrogen) atoms. The van der Waals surface area contributed by atoms with Crippen LogP contribution in [0.25, 0.3) is 0 Å². The van der Waals surface area contributed by atoms with Crippen LogP contribution < -0.4 is 15.8 Å². The van der Waals surface area contributed by atoms with Gasteiger partial charge in [0.2, 0.25) is 5.88 Å². The van der Waals surface area contributed by atoms with Gasteiger partial charge in [-0.25, -0.2) is 9.37 Å². The Kier molecular flexibility index (Phi) is 7.16. The molecule has 2 heterocycles. The van der Waals surface area contributed by atoms with Crippen molar-refractivity contribution in [2.24, 2.45) is 5.73 Å². The summed E-state index contributed by atoms with van der Waals surface area (Å²) < 4.78 is 25.6. The van der Waals surface area contributed by atoms with Gasteiger partial charge in [-0.05, 0) is 29.8 Å². The van der Waals surface area contributed by atoms with Gasteiger partial charge < -0.3 is 20.5 Å². The Morgan fingerprint density at radius 2 is 2.23 bits per heavy atom. The molecule has 0 radical (unpaired) electrons. The quantitative estimate of drug-likeness (QED) is 0.821. The smallest absolute Gasteiger partial charge is 0.254 e. The van der Waals surface area contributed by atoms with Crippen LogP contribution >= 0.6 is 24.0 Å². The van der Waals surface area contributed by atoms with Gasteiger partial charge in [-0.1, -0.05) is 17.7 Å². The maximum Gasteiger partial charge on any atom is 0.254 e. The molecule has 3 N–H and O–H groups in total. The summed E-state index contributed by atoms with van der Waals surface area (Å²) >= 11 is 5.75. The van der Waals surface area contributed by atoms with Gasteiger partial charge in [-0.15, -0.1) is 12.4 Å². The summed E-state index contributed by atoms with van der Waals surface area (Å²) in [7, 11) is 0. The number of nitrogens with one attached hydrogen (secondary N) is 1. The third-order valence-electron chi connectivity index (χ3n) is 3.83. The van der Waals surface area contributed by atoms with E-state index in [1.165, 1.54) is 24.4 Å². The van der Waals surface area contributed by atoms with E-state index < -0.39 is 23.9 Å². The summed E-state index contributed by atoms with van der Waals surface area (Å²) in [6.07, 6.45) is 0.421. The van der Waals surface area contributed by atoms with Crippen LogP contribution in [0.3, 0.4) is 0 Å². The number of halogens is 3. The first kappa shape index (κ1) is 20.4. The number of benzene rings is 1. The topological polar surface area (TPSA) is 86.5 Å². The van der Waals surface area contributed by atoms with E-state index in [1.807, 2.05) is 0 Å². The Labute approximate surface area is 161 Å². The number of pyridine rings is 1. The van der Waals surface area contributed by atoms with Crippen molar-refractivity contribution in [1.29, 1.82) is 0 Å². The molecule has 1 amide bonds. The molecule has 1 aliphatic heterocycles. The molecule has 0 aliphatic carbocycles. The summed E-state index contributed by atoms with van der Waals surface area (Å²) in [6, 6.07) is 7.61. The van der Waals surface area contributed by atoms with Crippen molar-refractivity contribution in [2.75, 3.05) is 19.7 Å². The van der Waals surface area contributed by atoms with Crippen LogP contribution in [-0.4, -0.2) is 36.7 Å². The summed E-state index contributed by atoms with van der Waals surface area (Å²) in [5, 5.41) is 3.21. The van der Waals surface area contributed by atoms with Crippen LogP contribution in [0.2, 0.25) is 5.02 Å². The number of rotatable bonds is 4. The molecule has 140 valence electrons. The number of nitrogens with zero attached hydrogens (tertiary/aromatic N) is 1. The SMILES string of the molecule is Cl.NC(=O)c1cccnc1O[C@@H]1CNCCO[C@H]1c1ccc(Cl)c(F)c1. The first-order valence-electron chi connectivity index (χ1n) is 7.75. The van der Waals surface area contributed by atoms with Gasteiger partial charge in [0.15, 0.2) is 0 Å². The zero-order valence-corrected chi connectivity index (χ0v) is 15.2. The molecule has 2 atom stereocenters. The van der Waals surface area contributed by atoms with Crippen molar-refractivity contribution in [1.82, 2.24) is 10.3 Å². The standard InChI is InChI=1S/C17H17ClFN3O3.ClH/c18-12-4-3-10(8-13(12)19)15-14(9-21-6-7-24-15)25-17-11(16(20)23)2-1-5-22-17;/h1-5,8,14-15,21H,6-7,9H2,(H2,20,23);1H/t14-,15+;/m1./s1. The Morgan fingerprint density at radius 3 is 2.96 bits per heavy atom. The van der Waals surface area contributed by atoms with Crippen LogP contribution in [0.4, 0.5) is 4.39 Å². The Morgan fingerprint density at radius 1 is 1.42 bits per heavy atom. The number of nitrogens with two attached hydrogens (primary N) is 1. The fourth-order valence-electron chi connectivity index (χ4n) is 2.64. The van der Waals surface area contributed by atoms with E-state index in [-0.39, 0.29) is 28.9 Å². The van der Waals surface area contributed by atoms with Gasteiger partial charge in [-0.3, -0.25) is 4.79 Å². The van der Waals surface area contributed by atoms with Crippen molar-refractivity contribution in [3.63, 3.8) is 0 Å². The summed E-state index contributed by atoms with van der Waals surface area (Å²) in [5.74, 6) is -1.05. The lowest BCUT2D eigenvalue weighted by molar-refractivity contribution is -0.0104. The minimum Gasteiger partial charge on any atom is -0.469 e. The fraction of sp³-hybridized carbons (Fsp3) is 0.294. The van der Waals surface area contributed by atoms with Crippen molar-refractivity contribution in [3.05, 3.63) is 58.5 Å². The highest BCUT2D eigenvalue weighted by Gasteiger charge is 2.30. The number of primary amides is 1. The largest absolute Gasteiger partial charge is 0.469 e. The second kappa shape index (κ2) is 9.14. The Bertz CT molecular complexity index is 779. The Hall–Kier alpha value is -1.93. The number of carbonyl (C=O) groups is 1. The first-order valence-corrected chi connectivity index (χ1v) is 8.13. The molecule has 0 unspecified atom stereocenters. The number of aromatic nitrogens is 1. The molecule has 0 bridgehead atoms. The maximum absolute atomic E-state index is 13.8. The second-order valence-electron chi connectivity index (χ2n) is 5.55. The molecule has 2 aromatic rings. The predicted octanol–water partition coefficient (Wildman–Crippen LogP) is 2.50. The molecular weight excluding hydrogens is 384 g/mol. The monoisotopic (exact) mass is 401 g/mol. The summed E-state index contributed by atoms with van der Waals surface area (Å²) in [4.78, 5) is 15.6. The van der Waals surface area contributed by atoms with Gasteiger partial charge in [0.25, 0.3) is 5.91 Å². The molecule has 1 aromatic carbocycles. The molecule has 9 heteroatoms.